The van der Waals surface area contributed by atoms with Crippen LogP contribution in [0.15, 0.2) is 18.3 Å². The van der Waals surface area contributed by atoms with E-state index in [-0.39, 0.29) is 0 Å². The number of ether oxygens (including phenoxy) is 1. The molecule has 0 radical (unpaired) electrons. The van der Waals surface area contributed by atoms with Crippen LogP contribution in [-0.4, -0.2) is 32.5 Å². The number of carbonyl (C=O) groups is 1. The van der Waals surface area contributed by atoms with Crippen LogP contribution < -0.4 is 16.0 Å². The number of amides is 1. The Morgan fingerprint density at radius 1 is 1.47 bits per heavy atom. The Morgan fingerprint density at radius 2 is 2.26 bits per heavy atom. The maximum Gasteiger partial charge on any atom is 0.268 e. The van der Waals surface area contributed by atoms with Gasteiger partial charge in [0.05, 0.1) is 24.1 Å². The van der Waals surface area contributed by atoms with E-state index in [1.165, 1.54) is 10.9 Å². The first-order chi connectivity index (χ1) is 9.17. The highest BCUT2D eigenvalue weighted by atomic mass is 16.5. The van der Waals surface area contributed by atoms with Crippen molar-refractivity contribution in [2.24, 2.45) is 5.84 Å². The molecule has 0 fully saturated rings. The van der Waals surface area contributed by atoms with Crippen molar-refractivity contribution in [3.63, 3.8) is 0 Å². The number of carbonyl (C=O) groups excluding carboxylic acids is 1. The Hall–Kier alpha value is -2.48. The lowest BCUT2D eigenvalue weighted by molar-refractivity contribution is 0.0953. The fraction of sp³-hybridized carbons (Fsp3) is 0.273. The average Bonchev–Trinajstić information content (AvgIpc) is 2.81. The van der Waals surface area contributed by atoms with Crippen molar-refractivity contribution in [3.8, 4) is 11.7 Å². The van der Waals surface area contributed by atoms with Gasteiger partial charge in [-0.2, -0.15) is 5.10 Å². The second kappa shape index (κ2) is 5.44. The Bertz CT molecular complexity index is 577. The molecule has 0 saturated heterocycles. The Morgan fingerprint density at radius 3 is 2.84 bits per heavy atom. The molecule has 8 heteroatoms. The number of nitrogen functional groups attached to an aromatic ring is 1. The molecule has 0 aromatic carbocycles. The zero-order valence-corrected chi connectivity index (χ0v) is 10.6. The van der Waals surface area contributed by atoms with Gasteiger partial charge >= 0.3 is 0 Å². The van der Waals surface area contributed by atoms with Crippen LogP contribution >= 0.6 is 0 Å². The van der Waals surface area contributed by atoms with Gasteiger partial charge in [0, 0.05) is 6.07 Å². The topological polar surface area (TPSA) is 108 Å². The highest BCUT2D eigenvalue weighted by molar-refractivity contribution is 5.94. The van der Waals surface area contributed by atoms with Crippen LogP contribution in [-0.2, 0) is 0 Å². The maximum absolute atomic E-state index is 11.5. The molecular formula is C11H14N6O2. The molecule has 19 heavy (non-hydrogen) atoms. The van der Waals surface area contributed by atoms with Crippen LogP contribution in [0.1, 0.15) is 23.0 Å². The molecule has 100 valence electrons. The van der Waals surface area contributed by atoms with E-state index in [0.29, 0.717) is 29.6 Å². The van der Waals surface area contributed by atoms with Crippen molar-refractivity contribution in [1.82, 2.24) is 25.4 Å². The third-order valence-corrected chi connectivity index (χ3v) is 2.52. The molecule has 0 unspecified atom stereocenters. The van der Waals surface area contributed by atoms with Crippen molar-refractivity contribution in [2.75, 3.05) is 6.61 Å². The first-order valence-electron chi connectivity index (χ1n) is 5.69. The normalized spacial score (nSPS) is 10.3. The van der Waals surface area contributed by atoms with Gasteiger partial charge in [0.15, 0.2) is 5.82 Å². The molecule has 3 N–H and O–H groups in total. The summed E-state index contributed by atoms with van der Waals surface area (Å²) in [4.78, 5) is 11.5. The molecule has 1 amide bonds. The summed E-state index contributed by atoms with van der Waals surface area (Å²) in [6.07, 6.45) is 1.43. The molecule has 0 aliphatic heterocycles. The van der Waals surface area contributed by atoms with E-state index in [1.54, 1.807) is 19.1 Å². The predicted octanol–water partition coefficient (Wildman–Crippen LogP) is -0.0271. The number of rotatable bonds is 4. The van der Waals surface area contributed by atoms with Gasteiger partial charge in [-0.05, 0) is 19.9 Å². The van der Waals surface area contributed by atoms with Gasteiger partial charge in [-0.25, -0.2) is 10.5 Å². The number of nitrogens with two attached hydrogens (primary N) is 1. The van der Waals surface area contributed by atoms with Gasteiger partial charge in [-0.15, -0.1) is 10.2 Å². The van der Waals surface area contributed by atoms with Crippen molar-refractivity contribution >= 4 is 5.91 Å². The Labute approximate surface area is 109 Å². The lowest BCUT2D eigenvalue weighted by Gasteiger charge is -2.05. The molecule has 0 aliphatic carbocycles. The standard InChI is InChI=1S/C11H14N6O2/c1-3-19-10-5-4-9(15-16-10)17-7(2)8(6-13-17)11(18)14-12/h4-6H,3,12H2,1-2H3,(H,14,18). The summed E-state index contributed by atoms with van der Waals surface area (Å²) in [5.74, 6) is 5.63. The van der Waals surface area contributed by atoms with Crippen LogP contribution in [0.2, 0.25) is 0 Å². The van der Waals surface area contributed by atoms with Crippen LogP contribution in [0.3, 0.4) is 0 Å². The van der Waals surface area contributed by atoms with E-state index in [9.17, 15) is 4.79 Å². The summed E-state index contributed by atoms with van der Waals surface area (Å²) in [5, 5.41) is 12.0. The lowest BCUT2D eigenvalue weighted by atomic mass is 10.2. The van der Waals surface area contributed by atoms with Crippen LogP contribution in [0.25, 0.3) is 5.82 Å². The summed E-state index contributed by atoms with van der Waals surface area (Å²) < 4.78 is 6.71. The van der Waals surface area contributed by atoms with E-state index in [2.05, 4.69) is 20.7 Å². The quantitative estimate of drug-likeness (QED) is 0.455. The molecule has 2 rings (SSSR count). The summed E-state index contributed by atoms with van der Waals surface area (Å²) >= 11 is 0. The molecule has 0 aliphatic rings. The number of hydrogen-bond donors (Lipinski definition) is 2. The molecule has 0 atom stereocenters. The monoisotopic (exact) mass is 262 g/mol. The van der Waals surface area contributed by atoms with Crippen molar-refractivity contribution in [1.29, 1.82) is 0 Å². The number of nitrogens with one attached hydrogen (secondary N) is 1. The summed E-state index contributed by atoms with van der Waals surface area (Å²) in [6, 6.07) is 3.40. The third kappa shape index (κ3) is 2.52. The molecule has 2 heterocycles. The maximum atomic E-state index is 11.5. The minimum Gasteiger partial charge on any atom is -0.477 e. The zero-order chi connectivity index (χ0) is 13.8. The minimum absolute atomic E-state index is 0.387. The highest BCUT2D eigenvalue weighted by Gasteiger charge is 2.14. The first kappa shape index (κ1) is 13.0. The third-order valence-electron chi connectivity index (χ3n) is 2.52. The van der Waals surface area contributed by atoms with Crippen LogP contribution in [0.5, 0.6) is 5.88 Å². The van der Waals surface area contributed by atoms with Crippen LogP contribution in [0, 0.1) is 6.92 Å². The van der Waals surface area contributed by atoms with Crippen molar-refractivity contribution < 1.29 is 9.53 Å². The number of aromatic nitrogens is 4. The minimum atomic E-state index is -0.400. The molecule has 0 saturated carbocycles. The van der Waals surface area contributed by atoms with Crippen LogP contribution in [0.4, 0.5) is 0 Å². The van der Waals surface area contributed by atoms with Gasteiger partial charge in [-0.3, -0.25) is 10.2 Å². The molecule has 2 aromatic rings. The molecule has 0 spiro atoms. The van der Waals surface area contributed by atoms with Crippen molar-refractivity contribution in [2.45, 2.75) is 13.8 Å². The van der Waals surface area contributed by atoms with Gasteiger partial charge in [0.25, 0.3) is 5.91 Å². The molecule has 2 aromatic heterocycles. The number of hydrogen-bond acceptors (Lipinski definition) is 6. The van der Waals surface area contributed by atoms with E-state index >= 15 is 0 Å². The van der Waals surface area contributed by atoms with Gasteiger partial charge in [0.1, 0.15) is 0 Å². The summed E-state index contributed by atoms with van der Waals surface area (Å²) in [6.45, 7) is 4.14. The highest BCUT2D eigenvalue weighted by Crippen LogP contribution is 2.13. The summed E-state index contributed by atoms with van der Waals surface area (Å²) in [5.41, 5.74) is 3.08. The van der Waals surface area contributed by atoms with Gasteiger partial charge in [0.2, 0.25) is 5.88 Å². The van der Waals surface area contributed by atoms with Gasteiger partial charge < -0.3 is 4.74 Å². The van der Waals surface area contributed by atoms with E-state index in [1.807, 2.05) is 6.92 Å². The molecule has 8 nitrogen and oxygen atoms in total. The Balaban J connectivity index is 2.32. The Kier molecular flexibility index (Phi) is 3.71. The fourth-order valence-electron chi connectivity index (χ4n) is 1.59. The predicted molar refractivity (Wildman–Crippen MR) is 66.7 cm³/mol. The number of nitrogens with zero attached hydrogens (tertiary/aromatic N) is 4. The second-order valence-electron chi connectivity index (χ2n) is 3.69. The SMILES string of the molecule is CCOc1ccc(-n2ncc(C(=O)NN)c2C)nn1. The van der Waals surface area contributed by atoms with Gasteiger partial charge in [-0.1, -0.05) is 0 Å². The second-order valence-corrected chi connectivity index (χ2v) is 3.69. The average molecular weight is 262 g/mol. The van der Waals surface area contributed by atoms with Crippen molar-refractivity contribution in [3.05, 3.63) is 29.6 Å². The zero-order valence-electron chi connectivity index (χ0n) is 10.6. The van der Waals surface area contributed by atoms with E-state index < -0.39 is 5.91 Å². The number of hydrazine groups is 1. The fourth-order valence-corrected chi connectivity index (χ4v) is 1.59. The molecule has 0 bridgehead atoms. The lowest BCUT2D eigenvalue weighted by Crippen LogP contribution is -2.30. The van der Waals surface area contributed by atoms with E-state index in [0.717, 1.165) is 0 Å². The first-order valence-corrected chi connectivity index (χ1v) is 5.69. The largest absolute Gasteiger partial charge is 0.477 e. The smallest absolute Gasteiger partial charge is 0.268 e. The summed E-state index contributed by atoms with van der Waals surface area (Å²) in [7, 11) is 0. The van der Waals surface area contributed by atoms with E-state index in [4.69, 9.17) is 10.6 Å². The molecular weight excluding hydrogens is 248 g/mol.